The van der Waals surface area contributed by atoms with E-state index in [1.807, 2.05) is 0 Å². The van der Waals surface area contributed by atoms with Gasteiger partial charge in [-0.2, -0.15) is 4.98 Å². The third-order valence-electron chi connectivity index (χ3n) is 2.95. The first-order valence-electron chi connectivity index (χ1n) is 6.11. The predicted molar refractivity (Wildman–Crippen MR) is 69.2 cm³/mol. The SMILES string of the molecule is CCCCCCN1CNc2c1nc(N)[nH]c2=O. The largest absolute Gasteiger partial charge is 0.369 e. The number of unbranched alkanes of at least 4 members (excludes halogenated alkanes) is 3. The number of H-pyrrole nitrogens is 1. The smallest absolute Gasteiger partial charge is 0.277 e. The molecule has 0 amide bonds. The van der Waals surface area contributed by atoms with Crippen LogP contribution in [0.3, 0.4) is 0 Å². The standard InChI is InChI=1S/C11H19N5O/c1-2-3-4-5-6-16-7-13-8-9(16)14-11(12)15-10(8)17/h13H,2-7H2,1H3,(H3,12,14,15,17). The molecule has 4 N–H and O–H groups in total. The van der Waals surface area contributed by atoms with Crippen molar-refractivity contribution in [3.05, 3.63) is 10.4 Å². The molecule has 1 aliphatic heterocycles. The molecule has 0 saturated heterocycles. The summed E-state index contributed by atoms with van der Waals surface area (Å²) in [5.74, 6) is 0.860. The maximum atomic E-state index is 11.6. The van der Waals surface area contributed by atoms with E-state index in [1.165, 1.54) is 19.3 Å². The van der Waals surface area contributed by atoms with Gasteiger partial charge in [-0.05, 0) is 6.42 Å². The highest BCUT2D eigenvalue weighted by atomic mass is 16.1. The van der Waals surface area contributed by atoms with Gasteiger partial charge in [0.1, 0.15) is 5.69 Å². The summed E-state index contributed by atoms with van der Waals surface area (Å²) in [7, 11) is 0. The van der Waals surface area contributed by atoms with Gasteiger partial charge in [-0.25, -0.2) is 0 Å². The Morgan fingerprint density at radius 2 is 2.24 bits per heavy atom. The summed E-state index contributed by atoms with van der Waals surface area (Å²) in [4.78, 5) is 20.3. The summed E-state index contributed by atoms with van der Waals surface area (Å²) >= 11 is 0. The molecule has 0 radical (unpaired) electrons. The summed E-state index contributed by atoms with van der Waals surface area (Å²) in [5.41, 5.74) is 5.89. The lowest BCUT2D eigenvalue weighted by atomic mass is 10.2. The van der Waals surface area contributed by atoms with Crippen molar-refractivity contribution in [1.82, 2.24) is 9.97 Å². The number of anilines is 3. The molecule has 0 saturated carbocycles. The average molecular weight is 237 g/mol. The lowest BCUT2D eigenvalue weighted by Gasteiger charge is -2.16. The second-order valence-electron chi connectivity index (χ2n) is 4.31. The highest BCUT2D eigenvalue weighted by Crippen LogP contribution is 2.25. The Labute approximate surface area is 100 Å². The highest BCUT2D eigenvalue weighted by molar-refractivity contribution is 5.70. The van der Waals surface area contributed by atoms with Gasteiger partial charge in [0.2, 0.25) is 5.95 Å². The number of rotatable bonds is 5. The molecule has 0 spiro atoms. The van der Waals surface area contributed by atoms with Crippen molar-refractivity contribution in [2.45, 2.75) is 32.6 Å². The summed E-state index contributed by atoms with van der Waals surface area (Å²) in [6, 6.07) is 0. The van der Waals surface area contributed by atoms with Crippen LogP contribution in [0.25, 0.3) is 0 Å². The molecule has 2 rings (SSSR count). The Bertz CT molecular complexity index is 442. The van der Waals surface area contributed by atoms with Gasteiger partial charge < -0.3 is 16.0 Å². The van der Waals surface area contributed by atoms with E-state index < -0.39 is 0 Å². The zero-order valence-corrected chi connectivity index (χ0v) is 10.1. The van der Waals surface area contributed by atoms with Gasteiger partial charge in [0.15, 0.2) is 5.82 Å². The van der Waals surface area contributed by atoms with Gasteiger partial charge >= 0.3 is 0 Å². The first-order valence-corrected chi connectivity index (χ1v) is 6.11. The summed E-state index contributed by atoms with van der Waals surface area (Å²) in [6.45, 7) is 3.74. The van der Waals surface area contributed by atoms with E-state index in [0.29, 0.717) is 18.2 Å². The van der Waals surface area contributed by atoms with Gasteiger partial charge in [-0.15, -0.1) is 0 Å². The van der Waals surface area contributed by atoms with Crippen LogP contribution < -0.4 is 21.5 Å². The summed E-state index contributed by atoms with van der Waals surface area (Å²) in [5, 5.41) is 3.05. The van der Waals surface area contributed by atoms with Crippen molar-refractivity contribution in [3.8, 4) is 0 Å². The molecular weight excluding hydrogens is 218 g/mol. The molecule has 0 bridgehead atoms. The van der Waals surface area contributed by atoms with Gasteiger partial charge in [0.25, 0.3) is 5.56 Å². The van der Waals surface area contributed by atoms with Crippen LogP contribution in [0, 0.1) is 0 Å². The maximum Gasteiger partial charge on any atom is 0.277 e. The number of nitrogens with zero attached hydrogens (tertiary/aromatic N) is 2. The van der Waals surface area contributed by atoms with Crippen molar-refractivity contribution in [2.24, 2.45) is 0 Å². The van der Waals surface area contributed by atoms with Crippen molar-refractivity contribution < 1.29 is 0 Å². The summed E-state index contributed by atoms with van der Waals surface area (Å²) in [6.07, 6.45) is 4.79. The Morgan fingerprint density at radius 1 is 1.41 bits per heavy atom. The van der Waals surface area contributed by atoms with Crippen molar-refractivity contribution in [2.75, 3.05) is 29.2 Å². The minimum atomic E-state index is -0.191. The van der Waals surface area contributed by atoms with Gasteiger partial charge in [-0.1, -0.05) is 26.2 Å². The fourth-order valence-corrected chi connectivity index (χ4v) is 2.03. The number of hydrogen-bond donors (Lipinski definition) is 3. The number of fused-ring (bicyclic) bond motifs is 1. The predicted octanol–water partition coefficient (Wildman–Crippen LogP) is 1.12. The van der Waals surface area contributed by atoms with Crippen LogP contribution in [0.4, 0.5) is 17.5 Å². The molecule has 0 unspecified atom stereocenters. The molecule has 1 aromatic heterocycles. The zero-order chi connectivity index (χ0) is 12.3. The molecule has 0 atom stereocenters. The minimum absolute atomic E-state index is 0.177. The second kappa shape index (κ2) is 5.07. The van der Waals surface area contributed by atoms with Crippen LogP contribution in [-0.2, 0) is 0 Å². The topological polar surface area (TPSA) is 87.0 Å². The maximum absolute atomic E-state index is 11.6. The van der Waals surface area contributed by atoms with E-state index >= 15 is 0 Å². The molecule has 6 nitrogen and oxygen atoms in total. The number of aromatic nitrogens is 2. The Hall–Kier alpha value is -1.72. The van der Waals surface area contributed by atoms with Crippen LogP contribution in [0.5, 0.6) is 0 Å². The Kier molecular flexibility index (Phi) is 3.51. The van der Waals surface area contributed by atoms with E-state index in [9.17, 15) is 4.79 Å². The normalized spacial score (nSPS) is 13.6. The van der Waals surface area contributed by atoms with Crippen molar-refractivity contribution in [3.63, 3.8) is 0 Å². The van der Waals surface area contributed by atoms with Crippen LogP contribution in [-0.4, -0.2) is 23.2 Å². The molecular formula is C11H19N5O. The minimum Gasteiger partial charge on any atom is -0.369 e. The molecule has 0 aliphatic carbocycles. The fourth-order valence-electron chi connectivity index (χ4n) is 2.03. The molecule has 6 heteroatoms. The summed E-state index contributed by atoms with van der Waals surface area (Å²) < 4.78 is 0. The van der Waals surface area contributed by atoms with E-state index in [2.05, 4.69) is 27.1 Å². The van der Waals surface area contributed by atoms with Crippen molar-refractivity contribution >= 4 is 17.5 Å². The monoisotopic (exact) mass is 237 g/mol. The number of nitrogens with one attached hydrogen (secondary N) is 2. The Morgan fingerprint density at radius 3 is 3.00 bits per heavy atom. The van der Waals surface area contributed by atoms with E-state index in [4.69, 9.17) is 5.73 Å². The number of nitrogens with two attached hydrogens (primary N) is 1. The van der Waals surface area contributed by atoms with E-state index in [-0.39, 0.29) is 11.5 Å². The average Bonchev–Trinajstić information content (AvgIpc) is 2.68. The van der Waals surface area contributed by atoms with E-state index in [1.54, 1.807) is 0 Å². The second-order valence-corrected chi connectivity index (χ2v) is 4.31. The lowest BCUT2D eigenvalue weighted by molar-refractivity contribution is 0.653. The van der Waals surface area contributed by atoms with Crippen LogP contribution >= 0.6 is 0 Å². The van der Waals surface area contributed by atoms with Crippen LogP contribution in [0.2, 0.25) is 0 Å². The Balaban J connectivity index is 2.03. The third-order valence-corrected chi connectivity index (χ3v) is 2.95. The number of hydrogen-bond acceptors (Lipinski definition) is 5. The first-order chi connectivity index (χ1) is 8.22. The molecule has 0 aromatic carbocycles. The first kappa shape index (κ1) is 11.8. The molecule has 2 heterocycles. The molecule has 94 valence electrons. The van der Waals surface area contributed by atoms with Gasteiger partial charge in [-0.3, -0.25) is 9.78 Å². The molecule has 0 fully saturated rings. The van der Waals surface area contributed by atoms with Gasteiger partial charge in [0, 0.05) is 6.54 Å². The highest BCUT2D eigenvalue weighted by Gasteiger charge is 2.22. The van der Waals surface area contributed by atoms with E-state index in [0.717, 1.165) is 13.0 Å². The molecule has 17 heavy (non-hydrogen) atoms. The van der Waals surface area contributed by atoms with Crippen LogP contribution in [0.15, 0.2) is 4.79 Å². The third kappa shape index (κ3) is 2.51. The fraction of sp³-hybridized carbons (Fsp3) is 0.636. The number of nitrogen functional groups attached to an aromatic ring is 1. The quantitative estimate of drug-likeness (QED) is 0.668. The zero-order valence-electron chi connectivity index (χ0n) is 10.1. The molecule has 1 aromatic rings. The lowest BCUT2D eigenvalue weighted by Crippen LogP contribution is -2.24. The van der Waals surface area contributed by atoms with Gasteiger partial charge in [0.05, 0.1) is 6.67 Å². The van der Waals surface area contributed by atoms with Crippen molar-refractivity contribution in [1.29, 1.82) is 0 Å². The number of aromatic amines is 1. The molecule has 1 aliphatic rings. The van der Waals surface area contributed by atoms with Crippen LogP contribution in [0.1, 0.15) is 32.6 Å².